The first-order valence-corrected chi connectivity index (χ1v) is 8.21. The van der Waals surface area contributed by atoms with Crippen molar-refractivity contribution in [2.45, 2.75) is 44.9 Å². The Kier molecular flexibility index (Phi) is 5.40. The van der Waals surface area contributed by atoms with Crippen LogP contribution in [0.3, 0.4) is 0 Å². The van der Waals surface area contributed by atoms with Gasteiger partial charge in [-0.1, -0.05) is 0 Å². The molecular formula is C14H20BrF3N4O. The van der Waals surface area contributed by atoms with Gasteiger partial charge in [0.1, 0.15) is 6.04 Å². The molecule has 1 fully saturated rings. The normalized spacial score (nSPS) is 18.9. The second kappa shape index (κ2) is 6.80. The monoisotopic (exact) mass is 396 g/mol. The van der Waals surface area contributed by atoms with Crippen molar-refractivity contribution in [3.8, 4) is 0 Å². The lowest BCUT2D eigenvalue weighted by atomic mass is 10.1. The molecule has 0 radical (unpaired) electrons. The highest BCUT2D eigenvalue weighted by atomic mass is 79.9. The Balaban J connectivity index is 2.11. The van der Waals surface area contributed by atoms with Crippen LogP contribution in [0.5, 0.6) is 0 Å². The molecule has 1 aliphatic heterocycles. The van der Waals surface area contributed by atoms with Gasteiger partial charge >= 0.3 is 6.18 Å². The summed E-state index contributed by atoms with van der Waals surface area (Å²) in [6.07, 6.45) is -2.88. The average molecular weight is 397 g/mol. The third-order valence-electron chi connectivity index (χ3n) is 4.16. The van der Waals surface area contributed by atoms with Gasteiger partial charge in [-0.3, -0.25) is 9.48 Å². The van der Waals surface area contributed by atoms with Crippen LogP contribution in [0.2, 0.25) is 0 Å². The van der Waals surface area contributed by atoms with E-state index in [2.05, 4.69) is 31.2 Å². The summed E-state index contributed by atoms with van der Waals surface area (Å²) in [4.78, 5) is 14.5. The van der Waals surface area contributed by atoms with E-state index in [0.29, 0.717) is 0 Å². The van der Waals surface area contributed by atoms with E-state index >= 15 is 0 Å². The van der Waals surface area contributed by atoms with Gasteiger partial charge < -0.3 is 10.2 Å². The lowest BCUT2D eigenvalue weighted by Gasteiger charge is -2.30. The van der Waals surface area contributed by atoms with Gasteiger partial charge in [-0.05, 0) is 62.8 Å². The summed E-state index contributed by atoms with van der Waals surface area (Å²) in [5.74, 6) is -0.314. The van der Waals surface area contributed by atoms with Crippen molar-refractivity contribution >= 4 is 21.8 Å². The van der Waals surface area contributed by atoms with E-state index in [-0.39, 0.29) is 22.1 Å². The number of halogens is 4. The van der Waals surface area contributed by atoms with E-state index < -0.39 is 17.9 Å². The second-order valence-electron chi connectivity index (χ2n) is 5.95. The summed E-state index contributed by atoms with van der Waals surface area (Å²) in [5, 5.41) is 6.49. The Bertz CT molecular complexity index is 579. The van der Waals surface area contributed by atoms with Crippen molar-refractivity contribution in [1.82, 2.24) is 20.0 Å². The van der Waals surface area contributed by atoms with Gasteiger partial charge in [0.05, 0.1) is 10.2 Å². The SMILES string of the molecule is Cc1c(Br)c(C(F)(F)F)nn1C(C)C(=O)NC1CCN(C)CC1. The van der Waals surface area contributed by atoms with Gasteiger partial charge in [0.25, 0.3) is 0 Å². The maximum Gasteiger partial charge on any atom is 0.436 e. The molecule has 0 bridgehead atoms. The molecule has 1 unspecified atom stereocenters. The average Bonchev–Trinajstić information content (AvgIpc) is 2.77. The van der Waals surface area contributed by atoms with E-state index in [4.69, 9.17) is 0 Å². The number of amides is 1. The number of nitrogens with one attached hydrogen (secondary N) is 1. The molecule has 1 amide bonds. The zero-order valence-corrected chi connectivity index (χ0v) is 14.8. The van der Waals surface area contributed by atoms with Crippen molar-refractivity contribution in [1.29, 1.82) is 0 Å². The molecule has 1 atom stereocenters. The summed E-state index contributed by atoms with van der Waals surface area (Å²) >= 11 is 2.92. The number of carbonyl (C=O) groups excluding carboxylic acids is 1. The molecule has 0 saturated carbocycles. The minimum Gasteiger partial charge on any atom is -0.351 e. The molecule has 2 rings (SSSR count). The van der Waals surface area contributed by atoms with E-state index in [0.717, 1.165) is 30.6 Å². The van der Waals surface area contributed by atoms with E-state index in [1.807, 2.05) is 7.05 Å². The van der Waals surface area contributed by atoms with Crippen molar-refractivity contribution in [3.05, 3.63) is 15.9 Å². The van der Waals surface area contributed by atoms with Gasteiger partial charge in [0.15, 0.2) is 5.69 Å². The number of rotatable bonds is 3. The molecule has 2 heterocycles. The van der Waals surface area contributed by atoms with Crippen molar-refractivity contribution < 1.29 is 18.0 Å². The first-order chi connectivity index (χ1) is 10.6. The smallest absolute Gasteiger partial charge is 0.351 e. The van der Waals surface area contributed by atoms with Crippen LogP contribution < -0.4 is 5.32 Å². The van der Waals surface area contributed by atoms with Crippen LogP contribution in [-0.2, 0) is 11.0 Å². The van der Waals surface area contributed by atoms with E-state index in [1.165, 1.54) is 6.92 Å². The Labute approximate surface area is 141 Å². The number of hydrogen-bond donors (Lipinski definition) is 1. The molecule has 1 aliphatic rings. The van der Waals surface area contributed by atoms with Gasteiger partial charge in [0, 0.05) is 6.04 Å². The molecule has 1 aromatic rings. The van der Waals surface area contributed by atoms with Crippen LogP contribution in [-0.4, -0.2) is 46.8 Å². The Morgan fingerprint density at radius 3 is 2.43 bits per heavy atom. The first-order valence-electron chi connectivity index (χ1n) is 7.42. The topological polar surface area (TPSA) is 50.2 Å². The summed E-state index contributed by atoms with van der Waals surface area (Å²) < 4.78 is 39.7. The van der Waals surface area contributed by atoms with Gasteiger partial charge in [-0.2, -0.15) is 18.3 Å². The lowest BCUT2D eigenvalue weighted by molar-refractivity contribution is -0.142. The van der Waals surface area contributed by atoms with Crippen LogP contribution in [0.4, 0.5) is 13.2 Å². The maximum atomic E-state index is 12.9. The number of alkyl halides is 3. The van der Waals surface area contributed by atoms with Crippen LogP contribution >= 0.6 is 15.9 Å². The highest BCUT2D eigenvalue weighted by molar-refractivity contribution is 9.10. The summed E-state index contributed by atoms with van der Waals surface area (Å²) in [5.41, 5.74) is -0.725. The predicted molar refractivity (Wildman–Crippen MR) is 83.0 cm³/mol. The Hall–Kier alpha value is -1.09. The summed E-state index contributed by atoms with van der Waals surface area (Å²) in [7, 11) is 2.02. The fourth-order valence-corrected chi connectivity index (χ4v) is 3.13. The molecule has 0 spiro atoms. The molecule has 23 heavy (non-hydrogen) atoms. The molecule has 0 aromatic carbocycles. The first kappa shape index (κ1) is 18.3. The summed E-state index contributed by atoms with van der Waals surface area (Å²) in [6.45, 7) is 4.84. The zero-order chi connectivity index (χ0) is 17.4. The summed E-state index contributed by atoms with van der Waals surface area (Å²) in [6, 6.07) is -0.746. The van der Waals surface area contributed by atoms with Crippen LogP contribution in [0.15, 0.2) is 4.47 Å². The van der Waals surface area contributed by atoms with Gasteiger partial charge in [-0.15, -0.1) is 0 Å². The minimum absolute atomic E-state index is 0.0579. The van der Waals surface area contributed by atoms with Crippen LogP contribution in [0, 0.1) is 6.92 Å². The Morgan fingerprint density at radius 1 is 1.39 bits per heavy atom. The second-order valence-corrected chi connectivity index (χ2v) is 6.75. The standard InChI is InChI=1S/C14H20BrF3N4O/c1-8-11(15)12(14(16,17)18)20-22(8)9(2)13(23)19-10-4-6-21(3)7-5-10/h9-10H,4-7H2,1-3H3,(H,19,23). The number of carbonyl (C=O) groups is 1. The van der Waals surface area contributed by atoms with Crippen molar-refractivity contribution in [3.63, 3.8) is 0 Å². The van der Waals surface area contributed by atoms with Crippen LogP contribution in [0.1, 0.15) is 37.2 Å². The number of piperidine rings is 1. The quantitative estimate of drug-likeness (QED) is 0.854. The molecule has 9 heteroatoms. The lowest BCUT2D eigenvalue weighted by Crippen LogP contribution is -2.45. The fraction of sp³-hybridized carbons (Fsp3) is 0.714. The molecule has 130 valence electrons. The van der Waals surface area contributed by atoms with Crippen molar-refractivity contribution in [2.24, 2.45) is 0 Å². The minimum atomic E-state index is -4.56. The zero-order valence-electron chi connectivity index (χ0n) is 13.2. The van der Waals surface area contributed by atoms with Crippen molar-refractivity contribution in [2.75, 3.05) is 20.1 Å². The number of likely N-dealkylation sites (tertiary alicyclic amines) is 1. The molecule has 5 nitrogen and oxygen atoms in total. The molecular weight excluding hydrogens is 377 g/mol. The molecule has 1 aromatic heterocycles. The van der Waals surface area contributed by atoms with Gasteiger partial charge in [0.2, 0.25) is 5.91 Å². The predicted octanol–water partition coefficient (Wildman–Crippen LogP) is 2.74. The maximum absolute atomic E-state index is 12.9. The highest BCUT2D eigenvalue weighted by Crippen LogP contribution is 2.36. The third kappa shape index (κ3) is 4.06. The molecule has 1 saturated heterocycles. The fourth-order valence-electron chi connectivity index (χ4n) is 2.64. The van der Waals surface area contributed by atoms with E-state index in [1.54, 1.807) is 6.92 Å². The van der Waals surface area contributed by atoms with Gasteiger partial charge in [-0.25, -0.2) is 0 Å². The van der Waals surface area contributed by atoms with Crippen LogP contribution in [0.25, 0.3) is 0 Å². The van der Waals surface area contributed by atoms with E-state index in [9.17, 15) is 18.0 Å². The number of nitrogens with zero attached hydrogens (tertiary/aromatic N) is 3. The molecule has 1 N–H and O–H groups in total. The largest absolute Gasteiger partial charge is 0.436 e. The molecule has 0 aliphatic carbocycles. The number of hydrogen-bond acceptors (Lipinski definition) is 3. The number of aromatic nitrogens is 2. The highest BCUT2D eigenvalue weighted by Gasteiger charge is 2.39. The third-order valence-corrected chi connectivity index (χ3v) is 5.11. The Morgan fingerprint density at radius 2 is 1.96 bits per heavy atom.